The van der Waals surface area contributed by atoms with Gasteiger partial charge >= 0.3 is 0 Å². The summed E-state index contributed by atoms with van der Waals surface area (Å²) in [6.07, 6.45) is 8.21. The van der Waals surface area contributed by atoms with Crippen LogP contribution in [-0.2, 0) is 11.2 Å². The van der Waals surface area contributed by atoms with Gasteiger partial charge in [0.2, 0.25) is 11.5 Å². The number of benzene rings is 2. The minimum atomic E-state index is -0.253. The van der Waals surface area contributed by atoms with Gasteiger partial charge in [0.05, 0.1) is 7.11 Å². The molecule has 0 bridgehead atoms. The molecule has 0 atom stereocenters. The van der Waals surface area contributed by atoms with Crippen molar-refractivity contribution >= 4 is 16.9 Å². The average molecular weight is 462 g/mol. The number of hydrogen-bond donors (Lipinski definition) is 2. The average Bonchev–Trinajstić information content (AvgIpc) is 2.86. The molecule has 1 aromatic heterocycles. The molecule has 3 aromatic rings. The highest BCUT2D eigenvalue weighted by Gasteiger charge is 2.37. The van der Waals surface area contributed by atoms with Crippen LogP contribution in [0.4, 0.5) is 0 Å². The molecule has 7 nitrogen and oxygen atoms in total. The third-order valence-electron chi connectivity index (χ3n) is 6.94. The zero-order valence-corrected chi connectivity index (χ0v) is 19.6. The Morgan fingerprint density at radius 2 is 1.91 bits per heavy atom. The van der Waals surface area contributed by atoms with Crippen LogP contribution in [0.25, 0.3) is 22.1 Å². The number of nitrogens with two attached hydrogens (primary N) is 1. The third-order valence-corrected chi connectivity index (χ3v) is 6.94. The number of hydrogen-bond acceptors (Lipinski definition) is 6. The topological polar surface area (TPSA) is 99.1 Å². The molecular weight excluding hydrogens is 430 g/mol. The van der Waals surface area contributed by atoms with Crippen LogP contribution in [0.3, 0.4) is 0 Å². The highest BCUT2D eigenvalue weighted by Crippen LogP contribution is 2.44. The summed E-state index contributed by atoms with van der Waals surface area (Å²) >= 11 is 0. The molecule has 2 aliphatic rings. The Hall–Kier alpha value is -3.32. The van der Waals surface area contributed by atoms with Crippen molar-refractivity contribution < 1.29 is 18.7 Å². The summed E-state index contributed by atoms with van der Waals surface area (Å²) in [5.74, 6) is 1.43. The minimum Gasteiger partial charge on any atom is -0.497 e. The highest BCUT2D eigenvalue weighted by atomic mass is 16.5. The van der Waals surface area contributed by atoms with Crippen LogP contribution in [0.15, 0.2) is 52.0 Å². The van der Waals surface area contributed by atoms with E-state index in [1.165, 1.54) is 24.8 Å². The van der Waals surface area contributed by atoms with Crippen LogP contribution < -0.4 is 26.2 Å². The molecule has 1 aliphatic carbocycles. The monoisotopic (exact) mass is 461 g/mol. The predicted molar refractivity (Wildman–Crippen MR) is 130 cm³/mol. The Bertz CT molecular complexity index is 1260. The number of amides is 1. The van der Waals surface area contributed by atoms with E-state index >= 15 is 0 Å². The molecule has 1 saturated carbocycles. The molecule has 1 aliphatic heterocycles. The van der Waals surface area contributed by atoms with Gasteiger partial charge in [-0.2, -0.15) is 0 Å². The molecule has 0 unspecified atom stereocenters. The van der Waals surface area contributed by atoms with Crippen LogP contribution >= 0.6 is 0 Å². The molecule has 3 N–H and O–H groups in total. The van der Waals surface area contributed by atoms with Gasteiger partial charge in [-0.15, -0.1) is 5.10 Å². The van der Waals surface area contributed by atoms with E-state index in [0.29, 0.717) is 11.1 Å². The van der Waals surface area contributed by atoms with Crippen LogP contribution in [0.5, 0.6) is 11.5 Å². The van der Waals surface area contributed by atoms with E-state index < -0.39 is 0 Å². The summed E-state index contributed by atoms with van der Waals surface area (Å²) in [5, 5.41) is 5.19. The van der Waals surface area contributed by atoms with Gasteiger partial charge in [-0.25, -0.2) is 5.43 Å². The van der Waals surface area contributed by atoms with Crippen LogP contribution in [0.1, 0.15) is 50.5 Å². The fourth-order valence-electron chi connectivity index (χ4n) is 5.10. The lowest BCUT2D eigenvalue weighted by molar-refractivity contribution is -0.121. The lowest BCUT2D eigenvalue weighted by atomic mass is 9.79. The fourth-order valence-corrected chi connectivity index (χ4v) is 5.10. The molecule has 34 heavy (non-hydrogen) atoms. The Kier molecular flexibility index (Phi) is 6.28. The first-order valence-corrected chi connectivity index (χ1v) is 12.1. The maximum atomic E-state index is 11.9. The van der Waals surface area contributed by atoms with Crippen molar-refractivity contribution in [3.63, 3.8) is 0 Å². The standard InChI is InChI=1S/C27H31N3O4/c1-32-20-7-5-18(6-8-20)21-16-26(30-29-25(31)10-14-28)33-24-17-23-19(15-22(21)24)9-13-27(34-23)11-3-2-4-12-27/h5-8,15-17H,2-4,9-14,28H2,1H3,(H,29,31)/b30-26+. The van der Waals surface area contributed by atoms with Crippen molar-refractivity contribution in [2.75, 3.05) is 13.7 Å². The SMILES string of the molecule is COc1ccc(-c2c/c(=N\NC(=O)CCN)oc3cc4c(cc23)CCC2(CCCCC2)O4)cc1. The van der Waals surface area contributed by atoms with E-state index in [-0.39, 0.29) is 24.5 Å². The lowest BCUT2D eigenvalue weighted by Crippen LogP contribution is -2.41. The summed E-state index contributed by atoms with van der Waals surface area (Å²) in [6, 6.07) is 13.9. The molecule has 1 fully saturated rings. The van der Waals surface area contributed by atoms with Gasteiger partial charge < -0.3 is 19.6 Å². The van der Waals surface area contributed by atoms with Gasteiger partial charge in [0.25, 0.3) is 0 Å². The second-order valence-electron chi connectivity index (χ2n) is 9.21. The Balaban J connectivity index is 1.61. The highest BCUT2D eigenvalue weighted by molar-refractivity contribution is 5.94. The van der Waals surface area contributed by atoms with E-state index in [4.69, 9.17) is 19.6 Å². The van der Waals surface area contributed by atoms with Crippen LogP contribution in [0, 0.1) is 0 Å². The fraction of sp³-hybridized carbons (Fsp3) is 0.407. The predicted octanol–water partition coefficient (Wildman–Crippen LogP) is 4.42. The molecule has 0 saturated heterocycles. The van der Waals surface area contributed by atoms with Crippen molar-refractivity contribution in [1.82, 2.24) is 5.43 Å². The number of aryl methyl sites for hydroxylation is 1. The zero-order chi connectivity index (χ0) is 23.5. The summed E-state index contributed by atoms with van der Waals surface area (Å²) in [6.45, 7) is 0.262. The Morgan fingerprint density at radius 3 is 2.65 bits per heavy atom. The van der Waals surface area contributed by atoms with Gasteiger partial charge in [0, 0.05) is 30.5 Å². The van der Waals surface area contributed by atoms with Crippen LogP contribution in [0.2, 0.25) is 0 Å². The molecular formula is C27H31N3O4. The van der Waals surface area contributed by atoms with E-state index in [1.54, 1.807) is 7.11 Å². The molecule has 5 rings (SSSR count). The molecule has 1 spiro atoms. The maximum Gasteiger partial charge on any atom is 0.241 e. The molecule has 7 heteroatoms. The lowest BCUT2D eigenvalue weighted by Gasteiger charge is -2.41. The molecule has 1 amide bonds. The van der Waals surface area contributed by atoms with E-state index in [0.717, 1.165) is 53.7 Å². The summed E-state index contributed by atoms with van der Waals surface area (Å²) < 4.78 is 18.1. The molecule has 2 aromatic carbocycles. The van der Waals surface area contributed by atoms with Gasteiger partial charge in [-0.1, -0.05) is 18.6 Å². The first-order chi connectivity index (χ1) is 16.6. The second-order valence-corrected chi connectivity index (χ2v) is 9.21. The van der Waals surface area contributed by atoms with E-state index in [2.05, 4.69) is 16.6 Å². The third kappa shape index (κ3) is 4.53. The number of fused-ring (bicyclic) bond motifs is 2. The summed E-state index contributed by atoms with van der Waals surface area (Å²) in [5.41, 5.74) is 12.1. The van der Waals surface area contributed by atoms with E-state index in [1.807, 2.05) is 36.4 Å². The first kappa shape index (κ1) is 22.5. The van der Waals surface area contributed by atoms with Crippen molar-refractivity contribution in [2.24, 2.45) is 10.8 Å². The minimum absolute atomic E-state index is 0.0457. The molecule has 2 heterocycles. The maximum absolute atomic E-state index is 11.9. The summed E-state index contributed by atoms with van der Waals surface area (Å²) in [7, 11) is 1.65. The van der Waals surface area contributed by atoms with Crippen molar-refractivity contribution in [3.05, 3.63) is 53.6 Å². The number of carbonyl (C=O) groups is 1. The van der Waals surface area contributed by atoms with E-state index in [9.17, 15) is 4.79 Å². The smallest absolute Gasteiger partial charge is 0.241 e. The number of rotatable bonds is 5. The van der Waals surface area contributed by atoms with Gasteiger partial charge in [-0.3, -0.25) is 4.79 Å². The van der Waals surface area contributed by atoms with Crippen molar-refractivity contribution in [2.45, 2.75) is 57.0 Å². The number of carbonyl (C=O) groups excluding carboxylic acids is 1. The largest absolute Gasteiger partial charge is 0.497 e. The first-order valence-electron chi connectivity index (χ1n) is 12.1. The number of ether oxygens (including phenoxy) is 2. The Morgan fingerprint density at radius 1 is 1.12 bits per heavy atom. The zero-order valence-electron chi connectivity index (χ0n) is 19.6. The molecule has 0 radical (unpaired) electrons. The van der Waals surface area contributed by atoms with Gasteiger partial charge in [0.15, 0.2) is 0 Å². The van der Waals surface area contributed by atoms with Crippen molar-refractivity contribution in [1.29, 1.82) is 0 Å². The number of nitrogens with one attached hydrogen (secondary N) is 1. The normalized spacial score (nSPS) is 17.3. The summed E-state index contributed by atoms with van der Waals surface area (Å²) in [4.78, 5) is 11.9. The second kappa shape index (κ2) is 9.50. The number of methoxy groups -OCH3 is 1. The quantitative estimate of drug-likeness (QED) is 0.548. The molecule has 178 valence electrons. The Labute approximate surface area is 198 Å². The van der Waals surface area contributed by atoms with Gasteiger partial charge in [-0.05, 0) is 73.4 Å². The van der Waals surface area contributed by atoms with Crippen LogP contribution in [-0.4, -0.2) is 25.2 Å². The number of nitrogens with zero attached hydrogens (tertiary/aromatic N) is 1. The van der Waals surface area contributed by atoms with Crippen molar-refractivity contribution in [3.8, 4) is 22.6 Å². The van der Waals surface area contributed by atoms with Gasteiger partial charge in [0.1, 0.15) is 22.7 Å².